The average molecular weight is 482 g/mol. The molecule has 3 rings (SSSR count). The van der Waals surface area contributed by atoms with Gasteiger partial charge in [-0.2, -0.15) is 0 Å². The molecule has 0 aliphatic heterocycles. The molecule has 1 fully saturated rings. The second-order valence-corrected chi connectivity index (χ2v) is 8.19. The van der Waals surface area contributed by atoms with Crippen LogP contribution in [0.4, 0.5) is 25.0 Å². The molecule has 1 saturated carbocycles. The van der Waals surface area contributed by atoms with Crippen molar-refractivity contribution in [3.05, 3.63) is 57.6 Å². The highest BCUT2D eigenvalue weighted by Crippen LogP contribution is 2.26. The summed E-state index contributed by atoms with van der Waals surface area (Å²) in [5.41, 5.74) is 0.726. The maximum atomic E-state index is 14.3. The number of urea groups is 1. The summed E-state index contributed by atoms with van der Waals surface area (Å²) < 4.78 is 27.9. The Morgan fingerprint density at radius 3 is 2.40 bits per heavy atom. The second kappa shape index (κ2) is 9.53. The first-order valence-electron chi connectivity index (χ1n) is 9.55. The number of halogens is 3. The number of carbonyl (C=O) groups excluding carboxylic acids is 2. The minimum absolute atomic E-state index is 0.101. The molecule has 0 spiro atoms. The van der Waals surface area contributed by atoms with E-state index in [1.165, 1.54) is 24.3 Å². The van der Waals surface area contributed by atoms with Crippen LogP contribution < -0.4 is 16.0 Å². The molecule has 6 nitrogen and oxygen atoms in total. The maximum absolute atomic E-state index is 14.3. The summed E-state index contributed by atoms with van der Waals surface area (Å²) >= 11 is 3.16. The molecule has 1 aliphatic carbocycles. The van der Waals surface area contributed by atoms with Crippen molar-refractivity contribution in [2.24, 2.45) is 0 Å². The molecule has 0 atom stereocenters. The van der Waals surface area contributed by atoms with Gasteiger partial charge in [-0.1, -0.05) is 0 Å². The van der Waals surface area contributed by atoms with Crippen LogP contribution in [0.15, 0.2) is 34.8 Å². The van der Waals surface area contributed by atoms with Gasteiger partial charge in [-0.3, -0.25) is 4.79 Å². The van der Waals surface area contributed by atoms with E-state index in [0.29, 0.717) is 36.9 Å². The molecule has 2 aromatic rings. The summed E-state index contributed by atoms with van der Waals surface area (Å²) in [7, 11) is 0. The normalized spacial score (nSPS) is 18.6. The Morgan fingerprint density at radius 1 is 1.03 bits per heavy atom. The number of hydrogen-bond acceptors (Lipinski definition) is 3. The van der Waals surface area contributed by atoms with E-state index in [1.54, 1.807) is 6.92 Å². The van der Waals surface area contributed by atoms with E-state index in [0.717, 1.165) is 6.07 Å². The van der Waals surface area contributed by atoms with Crippen LogP contribution in [0.2, 0.25) is 0 Å². The molecule has 9 heteroatoms. The van der Waals surface area contributed by atoms with Crippen molar-refractivity contribution >= 4 is 39.2 Å². The third-order valence-electron chi connectivity index (χ3n) is 5.00. The monoisotopic (exact) mass is 481 g/mol. The number of aryl methyl sites for hydroxylation is 1. The van der Waals surface area contributed by atoms with Crippen molar-refractivity contribution in [3.63, 3.8) is 0 Å². The first-order valence-corrected chi connectivity index (χ1v) is 10.3. The summed E-state index contributed by atoms with van der Waals surface area (Å²) in [5.74, 6) is -1.64. The third kappa shape index (κ3) is 5.54. The van der Waals surface area contributed by atoms with Gasteiger partial charge in [0, 0.05) is 16.2 Å². The minimum atomic E-state index is -0.703. The van der Waals surface area contributed by atoms with Crippen molar-refractivity contribution in [1.29, 1.82) is 0 Å². The Hall–Kier alpha value is -2.52. The van der Waals surface area contributed by atoms with Gasteiger partial charge in [0.15, 0.2) is 0 Å². The number of nitrogens with one attached hydrogen (secondary N) is 3. The second-order valence-electron chi connectivity index (χ2n) is 7.33. The van der Waals surface area contributed by atoms with Crippen LogP contribution in [-0.2, 0) is 0 Å². The van der Waals surface area contributed by atoms with Gasteiger partial charge in [0.2, 0.25) is 0 Å². The van der Waals surface area contributed by atoms with Gasteiger partial charge in [0.1, 0.15) is 11.6 Å². The van der Waals surface area contributed by atoms with E-state index >= 15 is 0 Å². The molecule has 0 radical (unpaired) electrons. The Labute approximate surface area is 181 Å². The number of aliphatic hydroxyl groups excluding tert-OH is 1. The van der Waals surface area contributed by atoms with Gasteiger partial charge >= 0.3 is 6.03 Å². The average Bonchev–Trinajstić information content (AvgIpc) is 2.68. The van der Waals surface area contributed by atoms with Crippen molar-refractivity contribution in [3.8, 4) is 0 Å². The van der Waals surface area contributed by atoms with Gasteiger partial charge in [0.25, 0.3) is 5.91 Å². The van der Waals surface area contributed by atoms with Crippen LogP contribution in [0.25, 0.3) is 0 Å². The van der Waals surface area contributed by atoms with Gasteiger partial charge < -0.3 is 21.1 Å². The Bertz CT molecular complexity index is 963. The lowest BCUT2D eigenvalue weighted by molar-refractivity contribution is 0.102. The fourth-order valence-electron chi connectivity index (χ4n) is 3.30. The largest absolute Gasteiger partial charge is 0.393 e. The lowest BCUT2D eigenvalue weighted by atomic mass is 9.93. The van der Waals surface area contributed by atoms with Gasteiger partial charge in [-0.05, 0) is 84.4 Å². The highest BCUT2D eigenvalue weighted by Gasteiger charge is 2.22. The van der Waals surface area contributed by atoms with Crippen LogP contribution in [0, 0.1) is 18.6 Å². The molecular weight excluding hydrogens is 460 g/mol. The van der Waals surface area contributed by atoms with Crippen LogP contribution in [0.5, 0.6) is 0 Å². The fourth-order valence-corrected chi connectivity index (χ4v) is 3.80. The molecule has 0 unspecified atom stereocenters. The van der Waals surface area contributed by atoms with E-state index in [9.17, 15) is 23.5 Å². The molecule has 0 aromatic heterocycles. The standard InChI is InChI=1S/C21H22BrF2N3O3/c1-11-8-13(4-7-17(11)23)25-20(29)15-9-19(18(24)10-16(15)22)27-21(30)26-12-2-5-14(28)6-3-12/h4,7-10,12,14,28H,2-3,5-6H2,1H3,(H,25,29)(H2,26,27,30). The number of rotatable bonds is 4. The van der Waals surface area contributed by atoms with E-state index in [4.69, 9.17) is 0 Å². The van der Waals surface area contributed by atoms with Crippen molar-refractivity contribution in [1.82, 2.24) is 5.32 Å². The van der Waals surface area contributed by atoms with Crippen LogP contribution in [0.3, 0.4) is 0 Å². The summed E-state index contributed by atoms with van der Waals surface area (Å²) in [6, 6.07) is 5.79. The first-order chi connectivity index (χ1) is 14.2. The highest BCUT2D eigenvalue weighted by molar-refractivity contribution is 9.10. The third-order valence-corrected chi connectivity index (χ3v) is 5.65. The van der Waals surface area contributed by atoms with Gasteiger partial charge in [0.05, 0.1) is 17.4 Å². The number of amides is 3. The van der Waals surface area contributed by atoms with Gasteiger partial charge in [-0.15, -0.1) is 0 Å². The smallest absolute Gasteiger partial charge is 0.319 e. The zero-order valence-corrected chi connectivity index (χ0v) is 17.9. The number of aliphatic hydroxyl groups is 1. The van der Waals surface area contributed by atoms with E-state index in [1.807, 2.05) is 0 Å². The Balaban J connectivity index is 1.70. The Kier molecular flexibility index (Phi) is 7.04. The molecule has 0 bridgehead atoms. The molecule has 30 heavy (non-hydrogen) atoms. The topological polar surface area (TPSA) is 90.5 Å². The minimum Gasteiger partial charge on any atom is -0.393 e. The van der Waals surface area contributed by atoms with E-state index in [-0.39, 0.29) is 33.7 Å². The number of hydrogen-bond donors (Lipinski definition) is 4. The molecule has 4 N–H and O–H groups in total. The van der Waals surface area contributed by atoms with Gasteiger partial charge in [-0.25, -0.2) is 13.6 Å². The molecule has 2 aromatic carbocycles. The van der Waals surface area contributed by atoms with Crippen LogP contribution in [0.1, 0.15) is 41.6 Å². The van der Waals surface area contributed by atoms with E-state index < -0.39 is 17.8 Å². The summed E-state index contributed by atoms with van der Waals surface area (Å²) in [5, 5.41) is 17.4. The molecule has 0 heterocycles. The van der Waals surface area contributed by atoms with Crippen molar-refractivity contribution in [2.75, 3.05) is 10.6 Å². The van der Waals surface area contributed by atoms with Crippen LogP contribution >= 0.6 is 15.9 Å². The lowest BCUT2D eigenvalue weighted by Crippen LogP contribution is -2.41. The van der Waals surface area contributed by atoms with Crippen molar-refractivity contribution in [2.45, 2.75) is 44.8 Å². The Morgan fingerprint density at radius 2 is 1.73 bits per heavy atom. The predicted molar refractivity (Wildman–Crippen MR) is 114 cm³/mol. The summed E-state index contributed by atoms with van der Waals surface area (Å²) in [4.78, 5) is 24.9. The molecular formula is C21H22BrF2N3O3. The zero-order chi connectivity index (χ0) is 21.8. The molecule has 1 aliphatic rings. The highest BCUT2D eigenvalue weighted by atomic mass is 79.9. The summed E-state index contributed by atoms with van der Waals surface area (Å²) in [6.07, 6.45) is 2.14. The number of benzene rings is 2. The SMILES string of the molecule is Cc1cc(NC(=O)c2cc(NC(=O)NC3CCC(O)CC3)c(F)cc2Br)ccc1F. The first kappa shape index (κ1) is 22.2. The molecule has 160 valence electrons. The number of anilines is 2. The zero-order valence-electron chi connectivity index (χ0n) is 16.3. The summed E-state index contributed by atoms with van der Waals surface area (Å²) in [6.45, 7) is 1.58. The van der Waals surface area contributed by atoms with Crippen LogP contribution in [-0.4, -0.2) is 29.2 Å². The molecule has 0 saturated heterocycles. The predicted octanol–water partition coefficient (Wildman–Crippen LogP) is 4.71. The maximum Gasteiger partial charge on any atom is 0.319 e. The lowest BCUT2D eigenvalue weighted by Gasteiger charge is -2.26. The molecule has 3 amide bonds. The quantitative estimate of drug-likeness (QED) is 0.509. The number of carbonyl (C=O) groups is 2. The van der Waals surface area contributed by atoms with E-state index in [2.05, 4.69) is 31.9 Å². The van der Waals surface area contributed by atoms with Crippen molar-refractivity contribution < 1.29 is 23.5 Å². The fraction of sp³-hybridized carbons (Fsp3) is 0.333.